The van der Waals surface area contributed by atoms with Crippen molar-refractivity contribution < 1.29 is 14.3 Å². The highest BCUT2D eigenvalue weighted by molar-refractivity contribution is 6.37. The van der Waals surface area contributed by atoms with Gasteiger partial charge in [0, 0.05) is 18.1 Å². The molecule has 0 aliphatic rings. The Morgan fingerprint density at radius 1 is 1.13 bits per heavy atom. The zero-order chi connectivity index (χ0) is 22.4. The number of rotatable bonds is 8. The number of pyridine rings is 1. The molecule has 0 aliphatic heterocycles. The molecule has 5 nitrogen and oxygen atoms in total. The molecule has 0 saturated carbocycles. The normalized spacial score (nSPS) is 10.8. The average molecular weight is 459 g/mol. The molecule has 0 aliphatic carbocycles. The summed E-state index contributed by atoms with van der Waals surface area (Å²) in [5, 5.41) is 3.39. The van der Waals surface area contributed by atoms with Crippen molar-refractivity contribution in [2.24, 2.45) is 5.92 Å². The molecule has 1 heterocycles. The smallest absolute Gasteiger partial charge is 0.228 e. The van der Waals surface area contributed by atoms with Crippen LogP contribution in [0.5, 0.6) is 17.2 Å². The molecule has 7 heteroatoms. The molecule has 3 aromatic rings. The third kappa shape index (κ3) is 6.36. The second kappa shape index (κ2) is 10.5. The third-order valence-corrected chi connectivity index (χ3v) is 5.03. The van der Waals surface area contributed by atoms with E-state index in [2.05, 4.69) is 24.1 Å². The van der Waals surface area contributed by atoms with Crippen LogP contribution in [0.4, 0.5) is 5.69 Å². The van der Waals surface area contributed by atoms with Crippen molar-refractivity contribution >= 4 is 34.8 Å². The van der Waals surface area contributed by atoms with Crippen molar-refractivity contribution in [3.63, 3.8) is 0 Å². The lowest BCUT2D eigenvalue weighted by Gasteiger charge is -2.15. The number of methoxy groups -OCH3 is 1. The Labute approximate surface area is 192 Å². The molecule has 3 rings (SSSR count). The first-order chi connectivity index (χ1) is 14.9. The number of nitrogens with zero attached hydrogens (tertiary/aromatic N) is 1. The molecule has 0 radical (unpaired) electrons. The van der Waals surface area contributed by atoms with Gasteiger partial charge in [-0.2, -0.15) is 0 Å². The third-order valence-electron chi connectivity index (χ3n) is 4.47. The molecule has 1 amide bonds. The summed E-state index contributed by atoms with van der Waals surface area (Å²) in [6, 6.07) is 12.4. The minimum absolute atomic E-state index is 0.192. The van der Waals surface area contributed by atoms with Crippen molar-refractivity contribution in [1.82, 2.24) is 4.98 Å². The zero-order valence-electron chi connectivity index (χ0n) is 17.6. The van der Waals surface area contributed by atoms with Gasteiger partial charge in [-0.15, -0.1) is 0 Å². The van der Waals surface area contributed by atoms with Crippen LogP contribution >= 0.6 is 23.2 Å². The highest BCUT2D eigenvalue weighted by atomic mass is 35.5. The SMILES string of the molecule is COc1ccc(Oc2c(Cl)cc(NC(=O)Cc3cccnc3)cc2Cl)cc1CC(C)C. The van der Waals surface area contributed by atoms with Gasteiger partial charge in [0.2, 0.25) is 5.91 Å². The first-order valence-electron chi connectivity index (χ1n) is 9.88. The Morgan fingerprint density at radius 3 is 2.48 bits per heavy atom. The van der Waals surface area contributed by atoms with Gasteiger partial charge >= 0.3 is 0 Å². The Hall–Kier alpha value is -2.76. The van der Waals surface area contributed by atoms with E-state index >= 15 is 0 Å². The summed E-state index contributed by atoms with van der Waals surface area (Å²) in [4.78, 5) is 16.3. The molecule has 0 bridgehead atoms. The second-order valence-electron chi connectivity index (χ2n) is 7.53. The molecular formula is C24H24Cl2N2O3. The Bertz CT molecular complexity index is 1030. The molecule has 0 fully saturated rings. The first kappa shape index (κ1) is 22.9. The molecule has 0 unspecified atom stereocenters. The van der Waals surface area contributed by atoms with Crippen LogP contribution in [0.15, 0.2) is 54.9 Å². The number of carbonyl (C=O) groups excluding carboxylic acids is 1. The molecule has 162 valence electrons. The fraction of sp³-hybridized carbons (Fsp3) is 0.250. The molecule has 1 aromatic heterocycles. The number of hydrogen-bond donors (Lipinski definition) is 1. The van der Waals surface area contributed by atoms with Crippen molar-refractivity contribution in [1.29, 1.82) is 0 Å². The molecule has 2 aromatic carbocycles. The lowest BCUT2D eigenvalue weighted by Crippen LogP contribution is -2.14. The number of anilines is 1. The van der Waals surface area contributed by atoms with E-state index in [-0.39, 0.29) is 12.3 Å². The van der Waals surface area contributed by atoms with Gasteiger partial charge in [-0.25, -0.2) is 0 Å². The average Bonchev–Trinajstić information content (AvgIpc) is 2.71. The van der Waals surface area contributed by atoms with Gasteiger partial charge < -0.3 is 14.8 Å². The number of carbonyl (C=O) groups is 1. The number of benzene rings is 2. The Balaban J connectivity index is 1.75. The van der Waals surface area contributed by atoms with E-state index in [1.165, 1.54) is 0 Å². The molecule has 0 spiro atoms. The Morgan fingerprint density at radius 2 is 1.87 bits per heavy atom. The van der Waals surface area contributed by atoms with E-state index in [9.17, 15) is 4.79 Å². The van der Waals surface area contributed by atoms with E-state index in [1.807, 2.05) is 18.2 Å². The fourth-order valence-corrected chi connectivity index (χ4v) is 3.72. The van der Waals surface area contributed by atoms with Crippen LogP contribution in [0, 0.1) is 5.92 Å². The monoisotopic (exact) mass is 458 g/mol. The molecular weight excluding hydrogens is 435 g/mol. The van der Waals surface area contributed by atoms with Gasteiger partial charge in [0.25, 0.3) is 0 Å². The standard InChI is InChI=1S/C24H24Cl2N2O3/c1-15(2)9-17-11-19(6-7-22(17)30-3)31-24-20(25)12-18(13-21(24)26)28-23(29)10-16-5-4-8-27-14-16/h4-8,11-15H,9-10H2,1-3H3,(H,28,29). The van der Waals surface area contributed by atoms with Gasteiger partial charge in [0.15, 0.2) is 5.75 Å². The first-order valence-corrected chi connectivity index (χ1v) is 10.6. The molecule has 0 saturated heterocycles. The number of hydrogen-bond acceptors (Lipinski definition) is 4. The quantitative estimate of drug-likeness (QED) is 0.414. The highest BCUT2D eigenvalue weighted by Crippen LogP contribution is 2.40. The largest absolute Gasteiger partial charge is 0.496 e. The molecule has 31 heavy (non-hydrogen) atoms. The molecule has 0 atom stereocenters. The number of ether oxygens (including phenoxy) is 2. The van der Waals surface area contributed by atoms with E-state index < -0.39 is 0 Å². The maximum absolute atomic E-state index is 12.3. The predicted octanol–water partition coefficient (Wildman–Crippen LogP) is 6.57. The van der Waals surface area contributed by atoms with Crippen molar-refractivity contribution in [3.8, 4) is 17.2 Å². The summed E-state index contributed by atoms with van der Waals surface area (Å²) >= 11 is 12.8. The van der Waals surface area contributed by atoms with Crippen molar-refractivity contribution in [3.05, 3.63) is 76.0 Å². The maximum Gasteiger partial charge on any atom is 0.228 e. The summed E-state index contributed by atoms with van der Waals surface area (Å²) in [6.45, 7) is 4.28. The van der Waals surface area contributed by atoms with Gasteiger partial charge in [0.1, 0.15) is 11.5 Å². The number of nitrogens with one attached hydrogen (secondary N) is 1. The maximum atomic E-state index is 12.3. The van der Waals surface area contributed by atoms with Gasteiger partial charge in [-0.05, 0) is 59.9 Å². The zero-order valence-corrected chi connectivity index (χ0v) is 19.1. The molecule has 1 N–H and O–H groups in total. The minimum atomic E-state index is -0.192. The van der Waals surface area contributed by atoms with Crippen LogP contribution in [0.2, 0.25) is 10.0 Å². The lowest BCUT2D eigenvalue weighted by molar-refractivity contribution is -0.115. The van der Waals surface area contributed by atoms with Crippen LogP contribution in [-0.4, -0.2) is 18.0 Å². The van der Waals surface area contributed by atoms with Crippen molar-refractivity contribution in [2.75, 3.05) is 12.4 Å². The van der Waals surface area contributed by atoms with Gasteiger partial charge in [-0.3, -0.25) is 9.78 Å². The van der Waals surface area contributed by atoms with E-state index in [1.54, 1.807) is 43.8 Å². The van der Waals surface area contributed by atoms with Gasteiger partial charge in [-0.1, -0.05) is 43.1 Å². The summed E-state index contributed by atoms with van der Waals surface area (Å²) in [6.07, 6.45) is 4.36. The summed E-state index contributed by atoms with van der Waals surface area (Å²) in [5.41, 5.74) is 2.35. The Kier molecular flexibility index (Phi) is 7.77. The lowest BCUT2D eigenvalue weighted by atomic mass is 10.0. The van der Waals surface area contributed by atoms with E-state index in [0.717, 1.165) is 23.3 Å². The van der Waals surface area contributed by atoms with Crippen LogP contribution in [0.3, 0.4) is 0 Å². The van der Waals surface area contributed by atoms with Crippen LogP contribution in [-0.2, 0) is 17.6 Å². The number of aromatic nitrogens is 1. The van der Waals surface area contributed by atoms with Crippen LogP contribution < -0.4 is 14.8 Å². The summed E-state index contributed by atoms with van der Waals surface area (Å²) < 4.78 is 11.4. The van der Waals surface area contributed by atoms with E-state index in [4.69, 9.17) is 32.7 Å². The van der Waals surface area contributed by atoms with Gasteiger partial charge in [0.05, 0.1) is 23.6 Å². The topological polar surface area (TPSA) is 60.5 Å². The minimum Gasteiger partial charge on any atom is -0.496 e. The summed E-state index contributed by atoms with van der Waals surface area (Å²) in [7, 11) is 1.65. The summed E-state index contributed by atoms with van der Waals surface area (Å²) in [5.74, 6) is 2.01. The van der Waals surface area contributed by atoms with Crippen LogP contribution in [0.25, 0.3) is 0 Å². The number of amides is 1. The fourth-order valence-electron chi connectivity index (χ4n) is 3.16. The second-order valence-corrected chi connectivity index (χ2v) is 8.34. The van der Waals surface area contributed by atoms with Crippen molar-refractivity contribution in [2.45, 2.75) is 26.7 Å². The van der Waals surface area contributed by atoms with E-state index in [0.29, 0.717) is 33.1 Å². The predicted molar refractivity (Wildman–Crippen MR) is 125 cm³/mol. The highest BCUT2D eigenvalue weighted by Gasteiger charge is 2.14. The van der Waals surface area contributed by atoms with Crippen LogP contribution in [0.1, 0.15) is 25.0 Å². The number of halogens is 2.